The van der Waals surface area contributed by atoms with Crippen LogP contribution in [-0.2, 0) is 17.9 Å². The Labute approximate surface area is 118 Å². The first-order chi connectivity index (χ1) is 9.24. The molecule has 100 valence electrons. The second kappa shape index (κ2) is 6.89. The predicted octanol–water partition coefficient (Wildman–Crippen LogP) is 1.97. The van der Waals surface area contributed by atoms with Gasteiger partial charge in [0.2, 0.25) is 0 Å². The van der Waals surface area contributed by atoms with Gasteiger partial charge in [0, 0.05) is 6.54 Å². The SMILES string of the molecule is O=C(NCCn1cc(Br)nn1)OCc1ccccc1. The molecule has 0 spiro atoms. The molecule has 2 rings (SSSR count). The summed E-state index contributed by atoms with van der Waals surface area (Å²) in [6.07, 6.45) is 1.29. The van der Waals surface area contributed by atoms with E-state index in [1.54, 1.807) is 10.9 Å². The van der Waals surface area contributed by atoms with Crippen molar-refractivity contribution in [2.75, 3.05) is 6.54 Å². The Morgan fingerprint density at radius 1 is 1.37 bits per heavy atom. The Morgan fingerprint density at radius 3 is 2.84 bits per heavy atom. The van der Waals surface area contributed by atoms with Crippen LogP contribution in [0.5, 0.6) is 0 Å². The van der Waals surface area contributed by atoms with Crippen LogP contribution in [0.3, 0.4) is 0 Å². The third-order valence-electron chi connectivity index (χ3n) is 2.33. The molecule has 0 bridgehead atoms. The number of carbonyl (C=O) groups is 1. The molecule has 1 N–H and O–H groups in total. The molecule has 2 aromatic rings. The fourth-order valence-electron chi connectivity index (χ4n) is 1.43. The van der Waals surface area contributed by atoms with Crippen molar-refractivity contribution >= 4 is 22.0 Å². The Hall–Kier alpha value is -1.89. The second-order valence-electron chi connectivity index (χ2n) is 3.79. The van der Waals surface area contributed by atoms with Crippen LogP contribution in [0.15, 0.2) is 41.1 Å². The number of alkyl carbamates (subject to hydrolysis) is 1. The lowest BCUT2D eigenvalue weighted by Crippen LogP contribution is -2.27. The van der Waals surface area contributed by atoms with Gasteiger partial charge in [-0.3, -0.25) is 0 Å². The number of ether oxygens (including phenoxy) is 1. The van der Waals surface area contributed by atoms with Crippen LogP contribution in [0.25, 0.3) is 0 Å². The lowest BCUT2D eigenvalue weighted by molar-refractivity contribution is 0.139. The van der Waals surface area contributed by atoms with Crippen molar-refractivity contribution in [1.82, 2.24) is 20.3 Å². The molecule has 7 heteroatoms. The maximum Gasteiger partial charge on any atom is 0.407 e. The van der Waals surface area contributed by atoms with Crippen molar-refractivity contribution in [3.05, 3.63) is 46.7 Å². The number of aromatic nitrogens is 3. The standard InChI is InChI=1S/C12H13BrN4O2/c13-11-8-17(16-15-11)7-6-14-12(18)19-9-10-4-2-1-3-5-10/h1-5,8H,6-7,9H2,(H,14,18). The fraction of sp³-hybridized carbons (Fsp3) is 0.250. The third-order valence-corrected chi connectivity index (χ3v) is 2.70. The molecule has 19 heavy (non-hydrogen) atoms. The topological polar surface area (TPSA) is 69.0 Å². The smallest absolute Gasteiger partial charge is 0.407 e. The monoisotopic (exact) mass is 324 g/mol. The van der Waals surface area contributed by atoms with Crippen molar-refractivity contribution in [3.63, 3.8) is 0 Å². The van der Waals surface area contributed by atoms with Gasteiger partial charge < -0.3 is 10.1 Å². The van der Waals surface area contributed by atoms with E-state index in [-0.39, 0.29) is 6.61 Å². The minimum atomic E-state index is -0.442. The lowest BCUT2D eigenvalue weighted by Gasteiger charge is -2.06. The normalized spacial score (nSPS) is 10.2. The molecule has 0 radical (unpaired) electrons. The van der Waals surface area contributed by atoms with Crippen molar-refractivity contribution in [2.45, 2.75) is 13.2 Å². The molecule has 1 aromatic carbocycles. The Morgan fingerprint density at radius 2 is 2.16 bits per heavy atom. The molecule has 0 aliphatic heterocycles. The summed E-state index contributed by atoms with van der Waals surface area (Å²) in [7, 11) is 0. The molecule has 0 atom stereocenters. The van der Waals surface area contributed by atoms with E-state index >= 15 is 0 Å². The average Bonchev–Trinajstić information content (AvgIpc) is 2.83. The molecular formula is C12H13BrN4O2. The highest BCUT2D eigenvalue weighted by molar-refractivity contribution is 9.10. The van der Waals surface area contributed by atoms with Crippen LogP contribution < -0.4 is 5.32 Å². The number of nitrogens with one attached hydrogen (secondary N) is 1. The van der Waals surface area contributed by atoms with E-state index < -0.39 is 6.09 Å². The van der Waals surface area contributed by atoms with Crippen LogP contribution >= 0.6 is 15.9 Å². The van der Waals surface area contributed by atoms with Gasteiger partial charge in [0.25, 0.3) is 0 Å². The highest BCUT2D eigenvalue weighted by Crippen LogP contribution is 2.01. The van der Waals surface area contributed by atoms with E-state index in [4.69, 9.17) is 4.74 Å². The maximum atomic E-state index is 11.4. The summed E-state index contributed by atoms with van der Waals surface area (Å²) >= 11 is 3.20. The first-order valence-corrected chi connectivity index (χ1v) is 6.53. The quantitative estimate of drug-likeness (QED) is 0.912. The fourth-order valence-corrected chi connectivity index (χ4v) is 1.74. The third kappa shape index (κ3) is 4.70. The largest absolute Gasteiger partial charge is 0.445 e. The molecule has 1 heterocycles. The number of halogens is 1. The Bertz CT molecular complexity index is 530. The number of nitrogens with zero attached hydrogens (tertiary/aromatic N) is 3. The minimum absolute atomic E-state index is 0.265. The molecule has 6 nitrogen and oxygen atoms in total. The zero-order chi connectivity index (χ0) is 13.5. The van der Waals surface area contributed by atoms with E-state index in [9.17, 15) is 4.79 Å². The summed E-state index contributed by atoms with van der Waals surface area (Å²) in [5.74, 6) is 0. The molecule has 0 unspecified atom stereocenters. The van der Waals surface area contributed by atoms with Gasteiger partial charge in [-0.25, -0.2) is 9.48 Å². The minimum Gasteiger partial charge on any atom is -0.445 e. The number of rotatable bonds is 5. The van der Waals surface area contributed by atoms with Crippen LogP contribution in [0.2, 0.25) is 0 Å². The first kappa shape index (κ1) is 13.5. The molecule has 0 fully saturated rings. The number of carbonyl (C=O) groups excluding carboxylic acids is 1. The van der Waals surface area contributed by atoms with E-state index in [0.717, 1.165) is 5.56 Å². The lowest BCUT2D eigenvalue weighted by atomic mass is 10.2. The molecule has 0 aliphatic rings. The van der Waals surface area contributed by atoms with Crippen molar-refractivity contribution in [1.29, 1.82) is 0 Å². The van der Waals surface area contributed by atoms with Crippen LogP contribution in [0.4, 0.5) is 4.79 Å². The highest BCUT2D eigenvalue weighted by Gasteiger charge is 2.02. The van der Waals surface area contributed by atoms with E-state index in [1.807, 2.05) is 30.3 Å². The van der Waals surface area contributed by atoms with E-state index in [1.165, 1.54) is 0 Å². The summed E-state index contributed by atoms with van der Waals surface area (Å²) in [5.41, 5.74) is 0.956. The molecule has 0 aliphatic carbocycles. The van der Waals surface area contributed by atoms with Gasteiger partial charge in [0.1, 0.15) is 11.2 Å². The highest BCUT2D eigenvalue weighted by atomic mass is 79.9. The predicted molar refractivity (Wildman–Crippen MR) is 72.4 cm³/mol. The molecular weight excluding hydrogens is 312 g/mol. The maximum absolute atomic E-state index is 11.4. The van der Waals surface area contributed by atoms with E-state index in [2.05, 4.69) is 31.6 Å². The van der Waals surface area contributed by atoms with Gasteiger partial charge in [-0.15, -0.1) is 5.10 Å². The van der Waals surface area contributed by atoms with Gasteiger partial charge in [-0.1, -0.05) is 35.5 Å². The zero-order valence-corrected chi connectivity index (χ0v) is 11.7. The second-order valence-corrected chi connectivity index (χ2v) is 4.61. The first-order valence-electron chi connectivity index (χ1n) is 5.74. The summed E-state index contributed by atoms with van der Waals surface area (Å²) in [6, 6.07) is 9.53. The number of benzene rings is 1. The van der Waals surface area contributed by atoms with Crippen molar-refractivity contribution < 1.29 is 9.53 Å². The van der Waals surface area contributed by atoms with Gasteiger partial charge in [0.05, 0.1) is 12.7 Å². The van der Waals surface area contributed by atoms with Crippen LogP contribution in [0, 0.1) is 0 Å². The Kier molecular flexibility index (Phi) is 4.91. The number of hydrogen-bond donors (Lipinski definition) is 1. The van der Waals surface area contributed by atoms with Crippen LogP contribution in [-0.4, -0.2) is 27.6 Å². The van der Waals surface area contributed by atoms with E-state index in [0.29, 0.717) is 17.7 Å². The molecule has 0 saturated heterocycles. The van der Waals surface area contributed by atoms with Crippen molar-refractivity contribution in [2.24, 2.45) is 0 Å². The summed E-state index contributed by atoms with van der Waals surface area (Å²) in [4.78, 5) is 11.4. The Balaban J connectivity index is 1.65. The number of amides is 1. The molecule has 1 aromatic heterocycles. The summed E-state index contributed by atoms with van der Waals surface area (Å²) in [6.45, 7) is 1.24. The van der Waals surface area contributed by atoms with Crippen molar-refractivity contribution in [3.8, 4) is 0 Å². The van der Waals surface area contributed by atoms with Gasteiger partial charge in [-0.05, 0) is 21.5 Å². The van der Waals surface area contributed by atoms with Gasteiger partial charge in [-0.2, -0.15) is 0 Å². The van der Waals surface area contributed by atoms with Gasteiger partial charge in [0.15, 0.2) is 0 Å². The molecule has 0 saturated carbocycles. The zero-order valence-electron chi connectivity index (χ0n) is 10.1. The van der Waals surface area contributed by atoms with Crippen LogP contribution in [0.1, 0.15) is 5.56 Å². The summed E-state index contributed by atoms with van der Waals surface area (Å²) < 4.78 is 7.36. The molecule has 1 amide bonds. The number of hydrogen-bond acceptors (Lipinski definition) is 4. The summed E-state index contributed by atoms with van der Waals surface area (Å²) in [5, 5.41) is 10.3. The average molecular weight is 325 g/mol. The van der Waals surface area contributed by atoms with Gasteiger partial charge >= 0.3 is 6.09 Å².